The molecule has 3 aliphatic carbocycles. The average Bonchev–Trinajstić information content (AvgIpc) is 2.65. The van der Waals surface area contributed by atoms with Gasteiger partial charge in [-0.05, 0) is 80.1 Å². The first kappa shape index (κ1) is 14.1. The van der Waals surface area contributed by atoms with Gasteiger partial charge in [0.15, 0.2) is 0 Å². The number of hydrogen-bond donors (Lipinski definition) is 1. The highest BCUT2D eigenvalue weighted by Crippen LogP contribution is 2.64. The molecule has 1 aliphatic heterocycles. The van der Waals surface area contributed by atoms with Gasteiger partial charge in [-0.1, -0.05) is 13.8 Å². The number of allylic oxidation sites excluding steroid dienone is 2. The van der Waals surface area contributed by atoms with Crippen molar-refractivity contribution in [2.45, 2.75) is 58.8 Å². The van der Waals surface area contributed by atoms with E-state index in [0.717, 1.165) is 37.4 Å². The summed E-state index contributed by atoms with van der Waals surface area (Å²) < 4.78 is 5.88. The molecule has 2 saturated carbocycles. The van der Waals surface area contributed by atoms with E-state index < -0.39 is 0 Å². The summed E-state index contributed by atoms with van der Waals surface area (Å²) in [5.41, 5.74) is 0.574. The summed E-state index contributed by atoms with van der Waals surface area (Å²) in [5, 5.41) is 10.4. The van der Waals surface area contributed by atoms with E-state index in [1.54, 1.807) is 0 Å². The molecule has 0 aromatic carbocycles. The Morgan fingerprint density at radius 3 is 2.86 bits per heavy atom. The van der Waals surface area contributed by atoms with Crippen molar-refractivity contribution in [3.63, 3.8) is 0 Å². The van der Waals surface area contributed by atoms with Crippen molar-refractivity contribution in [1.29, 1.82) is 0 Å². The van der Waals surface area contributed by atoms with Crippen molar-refractivity contribution in [1.82, 2.24) is 0 Å². The average molecular weight is 290 g/mol. The summed E-state index contributed by atoms with van der Waals surface area (Å²) in [5.74, 6) is 3.84. The SMILES string of the molecule is C[C@]12CCCOC[C@@H]1CC[C@@H]1[C@@H]2CC[C@]2(C)C(O)=CC[C@@H]12. The quantitative estimate of drug-likeness (QED) is 0.700. The Morgan fingerprint density at radius 2 is 2.00 bits per heavy atom. The highest BCUT2D eigenvalue weighted by molar-refractivity contribution is 5.20. The molecule has 1 heterocycles. The van der Waals surface area contributed by atoms with Crippen molar-refractivity contribution < 1.29 is 9.84 Å². The van der Waals surface area contributed by atoms with Crippen LogP contribution in [0.4, 0.5) is 0 Å². The lowest BCUT2D eigenvalue weighted by Gasteiger charge is -2.58. The molecule has 4 aliphatic rings. The van der Waals surface area contributed by atoms with Crippen LogP contribution >= 0.6 is 0 Å². The standard InChI is InChI=1S/C19H30O2/c1-18-9-3-11-21-12-13(18)4-5-14-15-6-7-17(20)19(15,2)10-8-16(14)18/h7,13-16,20H,3-6,8-12H2,1-2H3/t13-,14-,15-,16-,18-,19-/m0/s1. The second-order valence-corrected chi connectivity index (χ2v) is 8.62. The molecule has 2 heteroatoms. The number of aliphatic hydroxyl groups is 1. The van der Waals surface area contributed by atoms with E-state index in [1.807, 2.05) is 0 Å². The number of ether oxygens (including phenoxy) is 1. The zero-order valence-corrected chi connectivity index (χ0v) is 13.6. The molecule has 0 amide bonds. The number of rotatable bonds is 0. The van der Waals surface area contributed by atoms with Gasteiger partial charge in [-0.25, -0.2) is 0 Å². The molecular formula is C19H30O2. The second-order valence-electron chi connectivity index (χ2n) is 8.62. The molecule has 1 saturated heterocycles. The van der Waals surface area contributed by atoms with E-state index in [0.29, 0.717) is 17.1 Å². The zero-order chi connectivity index (χ0) is 14.7. The first-order valence-corrected chi connectivity index (χ1v) is 9.03. The molecule has 0 bridgehead atoms. The molecule has 0 unspecified atom stereocenters. The lowest BCUT2D eigenvalue weighted by molar-refractivity contribution is -0.0973. The van der Waals surface area contributed by atoms with Crippen molar-refractivity contribution in [2.24, 2.45) is 34.5 Å². The Labute approximate surface area is 129 Å². The Morgan fingerprint density at radius 1 is 1.14 bits per heavy atom. The van der Waals surface area contributed by atoms with Gasteiger partial charge in [0.05, 0.1) is 5.76 Å². The van der Waals surface area contributed by atoms with Crippen LogP contribution in [0.15, 0.2) is 11.8 Å². The van der Waals surface area contributed by atoms with Crippen LogP contribution in [-0.4, -0.2) is 18.3 Å². The van der Waals surface area contributed by atoms with Gasteiger partial charge >= 0.3 is 0 Å². The van der Waals surface area contributed by atoms with Gasteiger partial charge in [-0.2, -0.15) is 0 Å². The normalized spacial score (nSPS) is 53.1. The highest BCUT2D eigenvalue weighted by Gasteiger charge is 2.58. The third kappa shape index (κ3) is 1.87. The van der Waals surface area contributed by atoms with Gasteiger partial charge in [0.25, 0.3) is 0 Å². The number of fused-ring (bicyclic) bond motifs is 5. The minimum atomic E-state index is 0.0889. The van der Waals surface area contributed by atoms with Gasteiger partial charge < -0.3 is 9.84 Å². The van der Waals surface area contributed by atoms with Crippen LogP contribution in [-0.2, 0) is 4.74 Å². The fourth-order valence-corrected chi connectivity index (χ4v) is 6.52. The van der Waals surface area contributed by atoms with E-state index in [1.165, 1.54) is 38.5 Å². The van der Waals surface area contributed by atoms with Gasteiger partial charge in [0, 0.05) is 18.6 Å². The van der Waals surface area contributed by atoms with Crippen molar-refractivity contribution >= 4 is 0 Å². The minimum Gasteiger partial charge on any atom is -0.512 e. The Bertz CT molecular complexity index is 456. The van der Waals surface area contributed by atoms with Gasteiger partial charge in [0.1, 0.15) is 0 Å². The van der Waals surface area contributed by atoms with Gasteiger partial charge in [0.2, 0.25) is 0 Å². The summed E-state index contributed by atoms with van der Waals surface area (Å²) >= 11 is 0. The predicted molar refractivity (Wildman–Crippen MR) is 84.0 cm³/mol. The third-order valence-electron chi connectivity index (χ3n) is 7.93. The first-order valence-electron chi connectivity index (χ1n) is 9.03. The van der Waals surface area contributed by atoms with Gasteiger partial charge in [-0.15, -0.1) is 0 Å². The van der Waals surface area contributed by atoms with Crippen molar-refractivity contribution in [2.75, 3.05) is 13.2 Å². The number of aliphatic hydroxyl groups excluding tert-OH is 1. The van der Waals surface area contributed by atoms with E-state index in [2.05, 4.69) is 19.9 Å². The van der Waals surface area contributed by atoms with Crippen LogP contribution in [0.1, 0.15) is 58.8 Å². The summed E-state index contributed by atoms with van der Waals surface area (Å²) in [6.45, 7) is 6.84. The maximum Gasteiger partial charge on any atom is 0.0944 e. The minimum absolute atomic E-state index is 0.0889. The Kier molecular flexibility index (Phi) is 3.19. The van der Waals surface area contributed by atoms with E-state index in [4.69, 9.17) is 4.74 Å². The summed E-state index contributed by atoms with van der Waals surface area (Å²) in [4.78, 5) is 0. The Hall–Kier alpha value is -0.500. The largest absolute Gasteiger partial charge is 0.512 e. The molecule has 0 spiro atoms. The van der Waals surface area contributed by atoms with Crippen LogP contribution in [0.5, 0.6) is 0 Å². The topological polar surface area (TPSA) is 29.5 Å². The fraction of sp³-hybridized carbons (Fsp3) is 0.895. The molecule has 21 heavy (non-hydrogen) atoms. The van der Waals surface area contributed by atoms with Crippen LogP contribution < -0.4 is 0 Å². The molecule has 4 rings (SSSR count). The molecule has 3 fully saturated rings. The summed E-state index contributed by atoms with van der Waals surface area (Å²) in [6, 6.07) is 0. The molecule has 0 radical (unpaired) electrons. The highest BCUT2D eigenvalue weighted by atomic mass is 16.5. The summed E-state index contributed by atoms with van der Waals surface area (Å²) in [6.07, 6.45) is 11.0. The fourth-order valence-electron chi connectivity index (χ4n) is 6.52. The van der Waals surface area contributed by atoms with Crippen molar-refractivity contribution in [3.05, 3.63) is 11.8 Å². The third-order valence-corrected chi connectivity index (χ3v) is 7.93. The van der Waals surface area contributed by atoms with Gasteiger partial charge in [-0.3, -0.25) is 0 Å². The maximum atomic E-state index is 10.4. The van der Waals surface area contributed by atoms with Crippen LogP contribution in [0.3, 0.4) is 0 Å². The monoisotopic (exact) mass is 290 g/mol. The first-order chi connectivity index (χ1) is 10.1. The molecule has 0 aromatic heterocycles. The van der Waals surface area contributed by atoms with E-state index >= 15 is 0 Å². The van der Waals surface area contributed by atoms with Crippen LogP contribution in [0, 0.1) is 34.5 Å². The van der Waals surface area contributed by atoms with Crippen LogP contribution in [0.25, 0.3) is 0 Å². The van der Waals surface area contributed by atoms with Crippen LogP contribution in [0.2, 0.25) is 0 Å². The van der Waals surface area contributed by atoms with E-state index in [9.17, 15) is 5.11 Å². The smallest absolute Gasteiger partial charge is 0.0944 e. The predicted octanol–water partition coefficient (Wildman–Crippen LogP) is 4.71. The lowest BCUT2D eigenvalue weighted by atomic mass is 9.47. The molecule has 6 atom stereocenters. The molecule has 0 aromatic rings. The number of hydrogen-bond acceptors (Lipinski definition) is 2. The zero-order valence-electron chi connectivity index (χ0n) is 13.6. The second kappa shape index (κ2) is 4.75. The molecular weight excluding hydrogens is 260 g/mol. The van der Waals surface area contributed by atoms with Crippen molar-refractivity contribution in [3.8, 4) is 0 Å². The Balaban J connectivity index is 1.65. The molecule has 2 nitrogen and oxygen atoms in total. The molecule has 1 N–H and O–H groups in total. The molecule has 118 valence electrons. The lowest BCUT2D eigenvalue weighted by Crippen LogP contribution is -2.51. The maximum absolute atomic E-state index is 10.4. The van der Waals surface area contributed by atoms with E-state index in [-0.39, 0.29) is 5.41 Å². The summed E-state index contributed by atoms with van der Waals surface area (Å²) in [7, 11) is 0.